The lowest BCUT2D eigenvalue weighted by atomic mass is 10.2. The second-order valence-electron chi connectivity index (χ2n) is 2.31. The van der Waals surface area contributed by atoms with Crippen molar-refractivity contribution in [3.05, 3.63) is 16.9 Å². The number of rotatable bonds is 0. The van der Waals surface area contributed by atoms with Crippen LogP contribution in [0, 0.1) is 4.91 Å². The lowest BCUT2D eigenvalue weighted by molar-refractivity contribution is -0.457. The third kappa shape index (κ3) is 0.650. The van der Waals surface area contributed by atoms with Gasteiger partial charge in [0, 0.05) is 6.42 Å². The van der Waals surface area contributed by atoms with Crippen LogP contribution in [0.3, 0.4) is 0 Å². The van der Waals surface area contributed by atoms with Crippen molar-refractivity contribution < 1.29 is 9.50 Å². The molecule has 1 saturated heterocycles. The topological polar surface area (TPSA) is 41.7 Å². The molecule has 0 aliphatic carbocycles. The molecule has 2 aliphatic rings. The van der Waals surface area contributed by atoms with Gasteiger partial charge in [-0.3, -0.25) is 0 Å². The summed E-state index contributed by atoms with van der Waals surface area (Å²) in [5.74, 6) is 0.706. The van der Waals surface area contributed by atoms with Gasteiger partial charge in [-0.05, 0) is 4.76 Å². The maximum absolute atomic E-state index is 10.9. The third-order valence-electron chi connectivity index (χ3n) is 1.68. The van der Waals surface area contributed by atoms with Gasteiger partial charge in [-0.25, -0.2) is 0 Å². The summed E-state index contributed by atoms with van der Waals surface area (Å²) in [6, 6.07) is -0.0995. The Hall–Kier alpha value is -1.19. The van der Waals surface area contributed by atoms with Crippen LogP contribution in [-0.4, -0.2) is 23.7 Å². The van der Waals surface area contributed by atoms with E-state index in [1.165, 1.54) is 6.34 Å². The summed E-state index contributed by atoms with van der Waals surface area (Å²) in [5.41, 5.74) is 0. The summed E-state index contributed by atoms with van der Waals surface area (Å²) >= 11 is 0. The van der Waals surface area contributed by atoms with E-state index < -0.39 is 0 Å². The van der Waals surface area contributed by atoms with Gasteiger partial charge < -0.3 is 4.74 Å². The van der Waals surface area contributed by atoms with E-state index in [9.17, 15) is 4.91 Å². The van der Waals surface area contributed by atoms with Crippen molar-refractivity contribution in [1.82, 2.24) is 0 Å². The molecule has 4 heteroatoms. The molecule has 0 aromatic rings. The van der Waals surface area contributed by atoms with E-state index in [2.05, 4.69) is 4.99 Å². The molecule has 0 amide bonds. The molecule has 0 aromatic carbocycles. The van der Waals surface area contributed by atoms with Gasteiger partial charge in [-0.1, -0.05) is 9.90 Å². The molecule has 52 valence electrons. The van der Waals surface area contributed by atoms with Gasteiger partial charge >= 0.3 is 6.34 Å². The summed E-state index contributed by atoms with van der Waals surface area (Å²) in [6.45, 7) is 0.638. The second kappa shape index (κ2) is 1.90. The monoisotopic (exact) mass is 139 g/mol. The van der Waals surface area contributed by atoms with Crippen LogP contribution in [0.25, 0.3) is 0 Å². The predicted octanol–water partition coefficient (Wildman–Crippen LogP) is 0.437. The van der Waals surface area contributed by atoms with Crippen molar-refractivity contribution in [2.45, 2.75) is 12.5 Å². The Balaban J connectivity index is 2.33. The minimum atomic E-state index is -0.0995. The van der Waals surface area contributed by atoms with Crippen molar-refractivity contribution in [3.8, 4) is 0 Å². The molecule has 0 aromatic heterocycles. The molecule has 0 bridgehead atoms. The van der Waals surface area contributed by atoms with E-state index in [0.29, 0.717) is 12.4 Å². The van der Waals surface area contributed by atoms with Crippen molar-refractivity contribution in [1.29, 1.82) is 0 Å². The molecule has 0 saturated carbocycles. The van der Waals surface area contributed by atoms with Gasteiger partial charge in [0.2, 0.25) is 6.04 Å². The Morgan fingerprint density at radius 1 is 1.80 bits per heavy atom. The average molecular weight is 139 g/mol. The Morgan fingerprint density at radius 3 is 3.50 bits per heavy atom. The number of aliphatic imine (C=N–C) groups is 1. The molecule has 1 atom stereocenters. The minimum absolute atomic E-state index is 0.0995. The van der Waals surface area contributed by atoms with Crippen LogP contribution in [-0.2, 0) is 4.74 Å². The Morgan fingerprint density at radius 2 is 2.70 bits per heavy atom. The highest BCUT2D eigenvalue weighted by molar-refractivity contribution is 5.47. The zero-order chi connectivity index (χ0) is 6.97. The van der Waals surface area contributed by atoms with Gasteiger partial charge in [0.15, 0.2) is 12.0 Å². The first-order valence-electron chi connectivity index (χ1n) is 3.19. The number of ether oxygens (including phenoxy) is 1. The summed E-state index contributed by atoms with van der Waals surface area (Å²) in [7, 11) is 0. The highest BCUT2D eigenvalue weighted by Gasteiger charge is 2.34. The number of nitrogens with zero attached hydrogens (tertiary/aromatic N) is 2. The van der Waals surface area contributed by atoms with Crippen LogP contribution in [0.5, 0.6) is 0 Å². The summed E-state index contributed by atoms with van der Waals surface area (Å²) in [6.07, 6.45) is 3.66. The van der Waals surface area contributed by atoms with Crippen molar-refractivity contribution in [3.63, 3.8) is 0 Å². The fourth-order valence-corrected chi connectivity index (χ4v) is 1.16. The number of nitroso groups, excluding NO2 is 1. The van der Waals surface area contributed by atoms with E-state index in [1.807, 2.05) is 0 Å². The molecule has 2 aliphatic heterocycles. The Kier molecular flexibility index (Phi) is 1.06. The Bertz CT molecular complexity index is 232. The molecule has 1 fully saturated rings. The van der Waals surface area contributed by atoms with Crippen molar-refractivity contribution in [2.24, 2.45) is 4.99 Å². The smallest absolute Gasteiger partial charge is 0.325 e. The molecular weight excluding hydrogens is 132 g/mol. The van der Waals surface area contributed by atoms with Crippen LogP contribution in [0.2, 0.25) is 0 Å². The Labute approximate surface area is 57.8 Å². The average Bonchev–Trinajstić information content (AvgIpc) is 2.36. The zero-order valence-electron chi connectivity index (χ0n) is 5.36. The maximum Gasteiger partial charge on any atom is 0.325 e. The van der Waals surface area contributed by atoms with Crippen molar-refractivity contribution >= 4 is 6.34 Å². The lowest BCUT2D eigenvalue weighted by Gasteiger charge is -2.01. The third-order valence-corrected chi connectivity index (χ3v) is 1.68. The molecule has 4 nitrogen and oxygen atoms in total. The number of hydrogen-bond donors (Lipinski definition) is 0. The van der Waals surface area contributed by atoms with Crippen LogP contribution >= 0.6 is 0 Å². The first-order valence-corrected chi connectivity index (χ1v) is 3.19. The minimum Gasteiger partial charge on any atom is -0.489 e. The molecule has 0 spiro atoms. The number of hydrogen-bond acceptors (Lipinski definition) is 3. The number of fused-ring (bicyclic) bond motifs is 1. The van der Waals surface area contributed by atoms with Crippen molar-refractivity contribution in [2.75, 3.05) is 6.61 Å². The largest absolute Gasteiger partial charge is 0.489 e. The maximum atomic E-state index is 10.9. The summed E-state index contributed by atoms with van der Waals surface area (Å²) in [5, 5.41) is 0. The standard InChI is InChI=1S/C6H7N2O2/c9-8-4-7-3-6-5(8)1-2-10-6/h3-5H,1-2H2/q+1. The highest BCUT2D eigenvalue weighted by Crippen LogP contribution is 2.21. The van der Waals surface area contributed by atoms with E-state index in [0.717, 1.165) is 11.2 Å². The molecule has 10 heavy (non-hydrogen) atoms. The summed E-state index contributed by atoms with van der Waals surface area (Å²) in [4.78, 5) is 14.6. The van der Waals surface area contributed by atoms with Gasteiger partial charge in [0.25, 0.3) is 0 Å². The SMILES string of the molecule is O=[N+]1C=NC=C2OCCC21. The first kappa shape index (κ1) is 5.58. The van der Waals surface area contributed by atoms with E-state index >= 15 is 0 Å². The zero-order valence-corrected chi connectivity index (χ0v) is 5.36. The van der Waals surface area contributed by atoms with Gasteiger partial charge in [0.05, 0.1) is 6.61 Å². The summed E-state index contributed by atoms with van der Waals surface area (Å²) < 4.78 is 5.97. The first-order chi connectivity index (χ1) is 4.88. The van der Waals surface area contributed by atoms with Crippen LogP contribution in [0.15, 0.2) is 17.0 Å². The fourth-order valence-electron chi connectivity index (χ4n) is 1.16. The van der Waals surface area contributed by atoms with E-state index in [-0.39, 0.29) is 6.04 Å². The van der Waals surface area contributed by atoms with Crippen LogP contribution in [0.1, 0.15) is 6.42 Å². The van der Waals surface area contributed by atoms with Crippen LogP contribution < -0.4 is 0 Å². The molecular formula is C6H7N2O2+. The highest BCUT2D eigenvalue weighted by atomic mass is 16.5. The normalized spacial score (nSPS) is 29.4. The quantitative estimate of drug-likeness (QED) is 0.457. The van der Waals surface area contributed by atoms with Gasteiger partial charge in [0.1, 0.15) is 0 Å². The molecule has 1 unspecified atom stereocenters. The van der Waals surface area contributed by atoms with Gasteiger partial charge in [-0.15, -0.1) is 0 Å². The fraction of sp³-hybridized carbons (Fsp3) is 0.500. The van der Waals surface area contributed by atoms with Crippen LogP contribution in [0.4, 0.5) is 0 Å². The molecule has 0 N–H and O–H groups in total. The van der Waals surface area contributed by atoms with E-state index in [4.69, 9.17) is 4.74 Å². The van der Waals surface area contributed by atoms with E-state index in [1.54, 1.807) is 6.20 Å². The lowest BCUT2D eigenvalue weighted by Crippen LogP contribution is -2.23. The second-order valence-corrected chi connectivity index (χ2v) is 2.31. The predicted molar refractivity (Wildman–Crippen MR) is 34.6 cm³/mol. The molecule has 0 radical (unpaired) electrons. The molecule has 2 heterocycles. The molecule has 2 rings (SSSR count). The van der Waals surface area contributed by atoms with Gasteiger partial charge in [-0.2, -0.15) is 0 Å².